The van der Waals surface area contributed by atoms with Crippen LogP contribution in [0.5, 0.6) is 0 Å². The van der Waals surface area contributed by atoms with Crippen LogP contribution in [0.25, 0.3) is 22.3 Å². The zero-order chi connectivity index (χ0) is 16.4. The van der Waals surface area contributed by atoms with Gasteiger partial charge in [-0.3, -0.25) is 4.98 Å². The first-order valence-corrected chi connectivity index (χ1v) is 7.73. The maximum absolute atomic E-state index is 5.73. The van der Waals surface area contributed by atoms with Gasteiger partial charge in [0.05, 0.1) is 23.1 Å². The molecule has 116 valence electrons. The van der Waals surface area contributed by atoms with Crippen LogP contribution in [0, 0.1) is 0 Å². The second-order valence-electron chi connectivity index (χ2n) is 5.54. The monoisotopic (exact) mass is 312 g/mol. The number of rotatable bonds is 3. The number of nitrogen functional groups attached to an aromatic ring is 1. The molecule has 0 saturated carbocycles. The Labute approximate surface area is 140 Å². The van der Waals surface area contributed by atoms with Crippen molar-refractivity contribution in [1.82, 2.24) is 9.97 Å². The minimum absolute atomic E-state index is 0.741. The quantitative estimate of drug-likeness (QED) is 0.542. The number of fused-ring (bicyclic) bond motifs is 1. The lowest BCUT2D eigenvalue weighted by Gasteiger charge is -2.10. The van der Waals surface area contributed by atoms with Gasteiger partial charge in [-0.05, 0) is 36.4 Å². The van der Waals surface area contributed by atoms with Crippen molar-refractivity contribution in [3.63, 3.8) is 0 Å². The summed E-state index contributed by atoms with van der Waals surface area (Å²) in [5, 5.41) is 3.38. The molecular weight excluding hydrogens is 296 g/mol. The van der Waals surface area contributed by atoms with Gasteiger partial charge in [0.1, 0.15) is 5.52 Å². The normalized spacial score (nSPS) is 10.7. The van der Waals surface area contributed by atoms with Crippen molar-refractivity contribution in [1.29, 1.82) is 0 Å². The number of hydrogen-bond donors (Lipinski definition) is 2. The summed E-state index contributed by atoms with van der Waals surface area (Å²) in [4.78, 5) is 9.36. The van der Waals surface area contributed by atoms with E-state index in [1.165, 1.54) is 0 Å². The summed E-state index contributed by atoms with van der Waals surface area (Å²) in [6.07, 6.45) is 1.81. The fourth-order valence-electron chi connectivity index (χ4n) is 2.61. The second-order valence-corrected chi connectivity index (χ2v) is 5.54. The van der Waals surface area contributed by atoms with Crippen molar-refractivity contribution in [2.45, 2.75) is 0 Å². The van der Waals surface area contributed by atoms with Crippen LogP contribution in [0.3, 0.4) is 0 Å². The SMILES string of the molecule is Nc1ccc(Nc2cccc3nc(-c4ccccc4)cnc23)cc1. The molecule has 0 unspecified atom stereocenters. The fourth-order valence-corrected chi connectivity index (χ4v) is 2.61. The smallest absolute Gasteiger partial charge is 0.112 e. The van der Waals surface area contributed by atoms with Gasteiger partial charge in [0, 0.05) is 16.9 Å². The Bertz CT molecular complexity index is 979. The zero-order valence-corrected chi connectivity index (χ0v) is 13.0. The predicted molar refractivity (Wildman–Crippen MR) is 99.1 cm³/mol. The lowest BCUT2D eigenvalue weighted by molar-refractivity contribution is 1.29. The third-order valence-electron chi connectivity index (χ3n) is 3.83. The maximum atomic E-state index is 5.73. The van der Waals surface area contributed by atoms with Crippen LogP contribution in [0.2, 0.25) is 0 Å². The van der Waals surface area contributed by atoms with Crippen molar-refractivity contribution in [3.8, 4) is 11.3 Å². The van der Waals surface area contributed by atoms with E-state index in [9.17, 15) is 0 Å². The Balaban J connectivity index is 1.74. The number of aromatic nitrogens is 2. The van der Waals surface area contributed by atoms with E-state index in [-0.39, 0.29) is 0 Å². The van der Waals surface area contributed by atoms with Crippen molar-refractivity contribution in [2.75, 3.05) is 11.1 Å². The number of hydrogen-bond acceptors (Lipinski definition) is 4. The van der Waals surface area contributed by atoms with E-state index in [0.29, 0.717) is 0 Å². The minimum atomic E-state index is 0.741. The summed E-state index contributed by atoms with van der Waals surface area (Å²) in [6, 6.07) is 23.6. The third-order valence-corrected chi connectivity index (χ3v) is 3.83. The number of para-hydroxylation sites is 1. The number of nitrogens with zero attached hydrogens (tertiary/aromatic N) is 2. The Morgan fingerprint density at radius 3 is 2.38 bits per heavy atom. The molecule has 0 bridgehead atoms. The molecule has 1 heterocycles. The first-order valence-electron chi connectivity index (χ1n) is 7.73. The summed E-state index contributed by atoms with van der Waals surface area (Å²) in [6.45, 7) is 0. The Morgan fingerprint density at radius 1 is 0.792 bits per heavy atom. The van der Waals surface area contributed by atoms with Crippen molar-refractivity contribution >= 4 is 28.1 Å². The molecule has 0 spiro atoms. The standard InChI is InChI=1S/C20H16N4/c21-15-9-11-16(12-10-15)23-17-7-4-8-18-20(17)22-13-19(24-18)14-5-2-1-3-6-14/h1-13,23H,21H2. The van der Waals surface area contributed by atoms with E-state index >= 15 is 0 Å². The highest BCUT2D eigenvalue weighted by atomic mass is 14.9. The van der Waals surface area contributed by atoms with Crippen molar-refractivity contribution in [3.05, 3.63) is 79.0 Å². The van der Waals surface area contributed by atoms with Crippen LogP contribution in [-0.2, 0) is 0 Å². The van der Waals surface area contributed by atoms with Gasteiger partial charge in [0.25, 0.3) is 0 Å². The molecule has 0 fully saturated rings. The second kappa shape index (κ2) is 6.01. The first-order chi connectivity index (χ1) is 11.8. The van der Waals surface area contributed by atoms with Crippen LogP contribution in [0.1, 0.15) is 0 Å². The zero-order valence-electron chi connectivity index (χ0n) is 13.0. The molecule has 3 aromatic carbocycles. The van der Waals surface area contributed by atoms with Crippen LogP contribution < -0.4 is 11.1 Å². The summed E-state index contributed by atoms with van der Waals surface area (Å²) in [5.74, 6) is 0. The van der Waals surface area contributed by atoms with E-state index in [1.807, 2.05) is 79.0 Å². The van der Waals surface area contributed by atoms with Crippen molar-refractivity contribution in [2.24, 2.45) is 0 Å². The number of anilines is 3. The van der Waals surface area contributed by atoms with Gasteiger partial charge in [-0.1, -0.05) is 36.4 Å². The van der Waals surface area contributed by atoms with Gasteiger partial charge in [-0.25, -0.2) is 4.98 Å². The largest absolute Gasteiger partial charge is 0.399 e. The van der Waals surface area contributed by atoms with E-state index in [4.69, 9.17) is 10.7 Å². The summed E-state index contributed by atoms with van der Waals surface area (Å²) in [7, 11) is 0. The molecule has 0 amide bonds. The molecule has 4 rings (SSSR count). The van der Waals surface area contributed by atoms with Gasteiger partial charge in [0.15, 0.2) is 0 Å². The fraction of sp³-hybridized carbons (Fsp3) is 0. The predicted octanol–water partition coefficient (Wildman–Crippen LogP) is 4.62. The molecule has 0 aliphatic heterocycles. The molecular formula is C20H16N4. The van der Waals surface area contributed by atoms with E-state index < -0.39 is 0 Å². The molecule has 1 aromatic heterocycles. The molecule has 24 heavy (non-hydrogen) atoms. The lowest BCUT2D eigenvalue weighted by atomic mass is 10.1. The Kier molecular flexibility index (Phi) is 3.56. The average Bonchev–Trinajstić information content (AvgIpc) is 2.64. The molecule has 0 aliphatic carbocycles. The third kappa shape index (κ3) is 2.77. The Hall–Kier alpha value is -3.40. The number of nitrogens with two attached hydrogens (primary N) is 1. The highest BCUT2D eigenvalue weighted by molar-refractivity contribution is 5.90. The van der Waals surface area contributed by atoms with Crippen LogP contribution >= 0.6 is 0 Å². The van der Waals surface area contributed by atoms with E-state index in [0.717, 1.165) is 39.4 Å². The molecule has 3 N–H and O–H groups in total. The molecule has 4 aromatic rings. The summed E-state index contributed by atoms with van der Waals surface area (Å²) >= 11 is 0. The summed E-state index contributed by atoms with van der Waals surface area (Å²) in [5.41, 5.74) is 12.0. The highest BCUT2D eigenvalue weighted by Gasteiger charge is 2.06. The van der Waals surface area contributed by atoms with Gasteiger partial charge in [-0.15, -0.1) is 0 Å². The van der Waals surface area contributed by atoms with Crippen molar-refractivity contribution < 1.29 is 0 Å². The molecule has 0 atom stereocenters. The van der Waals surface area contributed by atoms with Gasteiger partial charge < -0.3 is 11.1 Å². The lowest BCUT2D eigenvalue weighted by Crippen LogP contribution is -1.95. The maximum Gasteiger partial charge on any atom is 0.112 e. The van der Waals surface area contributed by atoms with Crippen LogP contribution in [0.4, 0.5) is 17.1 Å². The average molecular weight is 312 g/mol. The molecule has 0 saturated heterocycles. The van der Waals surface area contributed by atoms with Gasteiger partial charge >= 0.3 is 0 Å². The van der Waals surface area contributed by atoms with E-state index in [2.05, 4.69) is 10.3 Å². The molecule has 0 aliphatic rings. The topological polar surface area (TPSA) is 63.8 Å². The Morgan fingerprint density at radius 2 is 1.58 bits per heavy atom. The summed E-state index contributed by atoms with van der Waals surface area (Å²) < 4.78 is 0. The van der Waals surface area contributed by atoms with Crippen LogP contribution in [-0.4, -0.2) is 9.97 Å². The first kappa shape index (κ1) is 14.2. The minimum Gasteiger partial charge on any atom is -0.399 e. The van der Waals surface area contributed by atoms with E-state index in [1.54, 1.807) is 0 Å². The van der Waals surface area contributed by atoms with Gasteiger partial charge in [-0.2, -0.15) is 0 Å². The molecule has 4 nitrogen and oxygen atoms in total. The van der Waals surface area contributed by atoms with Crippen LogP contribution in [0.15, 0.2) is 79.0 Å². The molecule has 0 radical (unpaired) electrons. The highest BCUT2D eigenvalue weighted by Crippen LogP contribution is 2.26. The number of nitrogens with one attached hydrogen (secondary N) is 1. The molecule has 4 heteroatoms. The van der Waals surface area contributed by atoms with Gasteiger partial charge in [0.2, 0.25) is 0 Å². The number of benzene rings is 3.